The van der Waals surface area contributed by atoms with E-state index in [4.69, 9.17) is 4.52 Å². The summed E-state index contributed by atoms with van der Waals surface area (Å²) in [6.07, 6.45) is 0. The van der Waals surface area contributed by atoms with Crippen molar-refractivity contribution in [2.24, 2.45) is 0 Å². The maximum Gasteiger partial charge on any atom is 0.258 e. The molecule has 1 aliphatic rings. The number of nitrogens with one attached hydrogen (secondary N) is 1. The van der Waals surface area contributed by atoms with E-state index in [0.29, 0.717) is 5.89 Å². The third-order valence-electron chi connectivity index (χ3n) is 3.63. The van der Waals surface area contributed by atoms with Crippen molar-refractivity contribution in [2.75, 3.05) is 26.7 Å². The fourth-order valence-electron chi connectivity index (χ4n) is 2.39. The molecule has 5 nitrogen and oxygen atoms in total. The number of aromatic nitrogens is 2. The number of aryl methyl sites for hydroxylation is 1. The van der Waals surface area contributed by atoms with Gasteiger partial charge >= 0.3 is 0 Å². The molecule has 108 valence electrons. The fourth-order valence-corrected chi connectivity index (χ4v) is 2.39. The van der Waals surface area contributed by atoms with Crippen molar-refractivity contribution in [3.05, 3.63) is 35.7 Å². The predicted molar refractivity (Wildman–Crippen MR) is 80.0 cm³/mol. The third kappa shape index (κ3) is 2.85. The first kappa shape index (κ1) is 15.0. The molecule has 1 saturated heterocycles. The van der Waals surface area contributed by atoms with E-state index in [1.54, 1.807) is 0 Å². The number of likely N-dealkylation sites (N-methyl/N-ethyl adjacent to an activating group) is 1. The molecule has 6 heteroatoms. The molecule has 0 spiro atoms. The molecule has 0 bridgehead atoms. The topological polar surface area (TPSA) is 54.2 Å². The zero-order chi connectivity index (χ0) is 13.2. The van der Waals surface area contributed by atoms with E-state index < -0.39 is 0 Å². The Balaban J connectivity index is 0.00000147. The largest absolute Gasteiger partial charge is 0.334 e. The molecule has 2 heterocycles. The van der Waals surface area contributed by atoms with Crippen LogP contribution in [0.4, 0.5) is 0 Å². The normalized spacial score (nSPS) is 19.6. The SMILES string of the molecule is Cc1ccccc1-c1nc(C2CNCCN2C)no1.Cl. The Labute approximate surface area is 124 Å². The molecule has 2 aromatic rings. The number of nitrogens with zero attached hydrogens (tertiary/aromatic N) is 3. The lowest BCUT2D eigenvalue weighted by Crippen LogP contribution is -2.44. The summed E-state index contributed by atoms with van der Waals surface area (Å²) >= 11 is 0. The monoisotopic (exact) mass is 294 g/mol. The first-order valence-electron chi connectivity index (χ1n) is 6.56. The highest BCUT2D eigenvalue weighted by Crippen LogP contribution is 2.24. The summed E-state index contributed by atoms with van der Waals surface area (Å²) in [4.78, 5) is 6.81. The maximum absolute atomic E-state index is 5.42. The summed E-state index contributed by atoms with van der Waals surface area (Å²) in [5.41, 5.74) is 2.15. The minimum atomic E-state index is 0. The minimum Gasteiger partial charge on any atom is -0.334 e. The van der Waals surface area contributed by atoms with E-state index >= 15 is 0 Å². The Hall–Kier alpha value is -1.43. The van der Waals surface area contributed by atoms with Gasteiger partial charge in [-0.3, -0.25) is 4.90 Å². The molecule has 1 atom stereocenters. The summed E-state index contributed by atoms with van der Waals surface area (Å²) in [5.74, 6) is 1.36. The van der Waals surface area contributed by atoms with Gasteiger partial charge in [0.05, 0.1) is 6.04 Å². The maximum atomic E-state index is 5.42. The fraction of sp³-hybridized carbons (Fsp3) is 0.429. The van der Waals surface area contributed by atoms with E-state index in [-0.39, 0.29) is 18.4 Å². The van der Waals surface area contributed by atoms with Crippen LogP contribution in [-0.4, -0.2) is 41.7 Å². The van der Waals surface area contributed by atoms with Crippen LogP contribution in [0.15, 0.2) is 28.8 Å². The second-order valence-corrected chi connectivity index (χ2v) is 4.97. The van der Waals surface area contributed by atoms with Crippen LogP contribution in [0.1, 0.15) is 17.4 Å². The second-order valence-electron chi connectivity index (χ2n) is 4.97. The number of hydrogen-bond acceptors (Lipinski definition) is 5. The van der Waals surface area contributed by atoms with Crippen molar-refractivity contribution in [1.82, 2.24) is 20.4 Å². The summed E-state index contributed by atoms with van der Waals surface area (Å²) < 4.78 is 5.42. The Morgan fingerprint density at radius 2 is 2.15 bits per heavy atom. The number of rotatable bonds is 2. The molecule has 0 radical (unpaired) electrons. The Morgan fingerprint density at radius 1 is 1.35 bits per heavy atom. The number of benzene rings is 1. The molecule has 0 amide bonds. The lowest BCUT2D eigenvalue weighted by Gasteiger charge is -2.30. The summed E-state index contributed by atoms with van der Waals surface area (Å²) in [5, 5.41) is 7.50. The second kappa shape index (κ2) is 6.35. The lowest BCUT2D eigenvalue weighted by molar-refractivity contribution is 0.190. The predicted octanol–water partition coefficient (Wildman–Crippen LogP) is 2.04. The van der Waals surface area contributed by atoms with Gasteiger partial charge in [-0.15, -0.1) is 12.4 Å². The van der Waals surface area contributed by atoms with Crippen LogP contribution in [0, 0.1) is 6.92 Å². The van der Waals surface area contributed by atoms with Crippen LogP contribution in [-0.2, 0) is 0 Å². The van der Waals surface area contributed by atoms with E-state index in [2.05, 4.69) is 27.4 Å². The van der Waals surface area contributed by atoms with E-state index in [1.165, 1.54) is 0 Å². The van der Waals surface area contributed by atoms with Crippen molar-refractivity contribution in [2.45, 2.75) is 13.0 Å². The van der Waals surface area contributed by atoms with Crippen molar-refractivity contribution in [3.63, 3.8) is 0 Å². The summed E-state index contributed by atoms with van der Waals surface area (Å²) in [6, 6.07) is 8.24. The molecule has 1 fully saturated rings. The molecule has 1 unspecified atom stereocenters. The van der Waals surface area contributed by atoms with Crippen LogP contribution in [0.2, 0.25) is 0 Å². The van der Waals surface area contributed by atoms with Crippen LogP contribution in [0.5, 0.6) is 0 Å². The molecule has 3 rings (SSSR count). The van der Waals surface area contributed by atoms with Crippen molar-refractivity contribution >= 4 is 12.4 Å². The lowest BCUT2D eigenvalue weighted by atomic mass is 10.1. The van der Waals surface area contributed by atoms with Crippen LogP contribution in [0.3, 0.4) is 0 Å². The van der Waals surface area contributed by atoms with Gasteiger partial charge < -0.3 is 9.84 Å². The van der Waals surface area contributed by atoms with Gasteiger partial charge in [0.1, 0.15) is 0 Å². The van der Waals surface area contributed by atoms with Crippen LogP contribution < -0.4 is 5.32 Å². The van der Waals surface area contributed by atoms with Crippen molar-refractivity contribution in [1.29, 1.82) is 0 Å². The zero-order valence-electron chi connectivity index (χ0n) is 11.7. The molecule has 1 aromatic carbocycles. The quantitative estimate of drug-likeness (QED) is 0.919. The minimum absolute atomic E-state index is 0. The summed E-state index contributed by atoms with van der Waals surface area (Å²) in [6.45, 7) is 4.92. The van der Waals surface area contributed by atoms with Gasteiger partial charge in [-0.1, -0.05) is 23.4 Å². The zero-order valence-corrected chi connectivity index (χ0v) is 12.5. The molecule has 1 N–H and O–H groups in total. The van der Waals surface area contributed by atoms with Crippen LogP contribution >= 0.6 is 12.4 Å². The van der Waals surface area contributed by atoms with Gasteiger partial charge in [-0.25, -0.2) is 0 Å². The molecule has 0 saturated carbocycles. The van der Waals surface area contributed by atoms with Gasteiger partial charge in [0.2, 0.25) is 0 Å². The van der Waals surface area contributed by atoms with Gasteiger partial charge in [-0.2, -0.15) is 4.98 Å². The van der Waals surface area contributed by atoms with Gasteiger partial charge in [0, 0.05) is 25.2 Å². The average Bonchev–Trinajstić information content (AvgIpc) is 2.89. The number of hydrogen-bond donors (Lipinski definition) is 1. The Morgan fingerprint density at radius 3 is 2.90 bits per heavy atom. The van der Waals surface area contributed by atoms with Gasteiger partial charge in [-0.05, 0) is 25.6 Å². The standard InChI is InChI=1S/C14H18N4O.ClH/c1-10-5-3-4-6-11(10)14-16-13(17-19-14)12-9-15-7-8-18(12)2;/h3-6,12,15H,7-9H2,1-2H3;1H. The highest BCUT2D eigenvalue weighted by Gasteiger charge is 2.25. The van der Waals surface area contributed by atoms with Crippen LogP contribution in [0.25, 0.3) is 11.5 Å². The van der Waals surface area contributed by atoms with E-state index in [0.717, 1.165) is 36.6 Å². The molecule has 1 aliphatic heterocycles. The highest BCUT2D eigenvalue weighted by molar-refractivity contribution is 5.85. The average molecular weight is 295 g/mol. The molecular weight excluding hydrogens is 276 g/mol. The molecule has 0 aliphatic carbocycles. The first-order chi connectivity index (χ1) is 9.25. The van der Waals surface area contributed by atoms with E-state index in [1.807, 2.05) is 31.2 Å². The van der Waals surface area contributed by atoms with E-state index in [9.17, 15) is 0 Å². The summed E-state index contributed by atoms with van der Waals surface area (Å²) in [7, 11) is 2.09. The first-order valence-corrected chi connectivity index (χ1v) is 6.56. The van der Waals surface area contributed by atoms with Gasteiger partial charge in [0.15, 0.2) is 5.82 Å². The Kier molecular flexibility index (Phi) is 4.75. The molecule has 1 aromatic heterocycles. The number of piperazine rings is 1. The smallest absolute Gasteiger partial charge is 0.258 e. The highest BCUT2D eigenvalue weighted by atomic mass is 35.5. The van der Waals surface area contributed by atoms with Crippen molar-refractivity contribution < 1.29 is 4.52 Å². The number of halogens is 1. The third-order valence-corrected chi connectivity index (χ3v) is 3.63. The van der Waals surface area contributed by atoms with Gasteiger partial charge in [0.25, 0.3) is 5.89 Å². The van der Waals surface area contributed by atoms with Crippen molar-refractivity contribution in [3.8, 4) is 11.5 Å². The molecular formula is C14H19ClN4O. The Bertz CT molecular complexity index is 572. The molecule has 20 heavy (non-hydrogen) atoms.